The zero-order chi connectivity index (χ0) is 18.7. The molecule has 7 nitrogen and oxygen atoms in total. The quantitative estimate of drug-likeness (QED) is 0.464. The SMILES string of the molecule is CCCN1C(=O)/C(=C\c2ccc(OC3CCCO3)cc2O)C(=O)NC1=S. The number of phenolic OH excluding ortho intramolecular Hbond substituents is 1. The van der Waals surface area contributed by atoms with Crippen LogP contribution in [0, 0.1) is 0 Å². The molecule has 1 aromatic rings. The Kier molecular flexibility index (Phi) is 5.53. The van der Waals surface area contributed by atoms with Crippen LogP contribution in [0.15, 0.2) is 23.8 Å². The molecule has 2 N–H and O–H groups in total. The molecule has 26 heavy (non-hydrogen) atoms. The third-order valence-corrected chi connectivity index (χ3v) is 4.41. The number of amides is 2. The van der Waals surface area contributed by atoms with Gasteiger partial charge in [0.2, 0.25) is 0 Å². The standard InChI is InChI=1S/C18H20N2O5S/c1-2-7-20-17(23)13(16(22)19-18(20)26)9-11-5-6-12(10-14(11)21)25-15-4-3-8-24-15/h5-6,9-10,15,21H,2-4,7-8H2,1H3,(H,19,22,26)/b13-9-. The highest BCUT2D eigenvalue weighted by molar-refractivity contribution is 7.80. The number of carbonyl (C=O) groups excluding carboxylic acids is 2. The second-order valence-electron chi connectivity index (χ2n) is 6.06. The lowest BCUT2D eigenvalue weighted by atomic mass is 10.1. The molecule has 0 radical (unpaired) electrons. The molecule has 138 valence electrons. The number of phenols is 1. The maximum atomic E-state index is 12.5. The van der Waals surface area contributed by atoms with Gasteiger partial charge in [0.05, 0.1) is 6.61 Å². The summed E-state index contributed by atoms with van der Waals surface area (Å²) in [4.78, 5) is 26.0. The van der Waals surface area contributed by atoms with Gasteiger partial charge in [-0.3, -0.25) is 19.8 Å². The highest BCUT2D eigenvalue weighted by atomic mass is 32.1. The largest absolute Gasteiger partial charge is 0.507 e. The van der Waals surface area contributed by atoms with Gasteiger partial charge in [-0.15, -0.1) is 0 Å². The van der Waals surface area contributed by atoms with E-state index in [0.29, 0.717) is 30.9 Å². The van der Waals surface area contributed by atoms with E-state index in [1.54, 1.807) is 12.1 Å². The van der Waals surface area contributed by atoms with Crippen molar-refractivity contribution in [2.75, 3.05) is 13.2 Å². The first-order valence-corrected chi connectivity index (χ1v) is 8.90. The molecule has 8 heteroatoms. The van der Waals surface area contributed by atoms with Crippen LogP contribution in [0.1, 0.15) is 31.7 Å². The lowest BCUT2D eigenvalue weighted by Crippen LogP contribution is -2.54. The van der Waals surface area contributed by atoms with E-state index >= 15 is 0 Å². The summed E-state index contributed by atoms with van der Waals surface area (Å²) in [6.45, 7) is 2.98. The molecule has 0 aromatic heterocycles. The Morgan fingerprint density at radius 2 is 2.27 bits per heavy atom. The van der Waals surface area contributed by atoms with E-state index in [4.69, 9.17) is 21.7 Å². The third-order valence-electron chi connectivity index (χ3n) is 4.09. The predicted octanol–water partition coefficient (Wildman–Crippen LogP) is 1.94. The number of ether oxygens (including phenoxy) is 2. The molecule has 0 bridgehead atoms. The van der Waals surface area contributed by atoms with Gasteiger partial charge in [-0.2, -0.15) is 0 Å². The molecular weight excluding hydrogens is 356 g/mol. The van der Waals surface area contributed by atoms with E-state index in [-0.39, 0.29) is 22.7 Å². The topological polar surface area (TPSA) is 88.1 Å². The smallest absolute Gasteiger partial charge is 0.265 e. The van der Waals surface area contributed by atoms with Gasteiger partial charge in [-0.1, -0.05) is 6.92 Å². The number of nitrogens with one attached hydrogen (secondary N) is 1. The molecule has 2 heterocycles. The maximum Gasteiger partial charge on any atom is 0.265 e. The highest BCUT2D eigenvalue weighted by Crippen LogP contribution is 2.28. The summed E-state index contributed by atoms with van der Waals surface area (Å²) in [7, 11) is 0. The number of nitrogens with zero attached hydrogens (tertiary/aromatic N) is 1. The van der Waals surface area contributed by atoms with Crippen LogP contribution >= 0.6 is 12.2 Å². The summed E-state index contributed by atoms with van der Waals surface area (Å²) in [5, 5.41) is 12.8. The molecule has 0 saturated carbocycles. The maximum absolute atomic E-state index is 12.5. The van der Waals surface area contributed by atoms with Gasteiger partial charge in [0.1, 0.15) is 17.1 Å². The molecular formula is C18H20N2O5S. The van der Waals surface area contributed by atoms with Gasteiger partial charge in [-0.25, -0.2) is 0 Å². The molecule has 2 amide bonds. The zero-order valence-corrected chi connectivity index (χ0v) is 15.2. The first-order valence-electron chi connectivity index (χ1n) is 8.49. The van der Waals surface area contributed by atoms with E-state index in [1.807, 2.05) is 6.92 Å². The summed E-state index contributed by atoms with van der Waals surface area (Å²) < 4.78 is 11.0. The Morgan fingerprint density at radius 3 is 2.92 bits per heavy atom. The van der Waals surface area contributed by atoms with Gasteiger partial charge < -0.3 is 14.6 Å². The Morgan fingerprint density at radius 1 is 1.46 bits per heavy atom. The Labute approximate surface area is 156 Å². The summed E-state index contributed by atoms with van der Waals surface area (Å²) in [5.41, 5.74) is 0.266. The Bertz CT molecular complexity index is 771. The van der Waals surface area contributed by atoms with Gasteiger partial charge in [0.15, 0.2) is 11.4 Å². The van der Waals surface area contributed by atoms with Crippen molar-refractivity contribution >= 4 is 35.2 Å². The molecule has 1 aromatic carbocycles. The number of hydrogen-bond acceptors (Lipinski definition) is 6. The predicted molar refractivity (Wildman–Crippen MR) is 98.4 cm³/mol. The average Bonchev–Trinajstić information content (AvgIpc) is 3.10. The number of hydrogen-bond donors (Lipinski definition) is 2. The van der Waals surface area contributed by atoms with Crippen molar-refractivity contribution < 1.29 is 24.2 Å². The van der Waals surface area contributed by atoms with Crippen molar-refractivity contribution in [3.8, 4) is 11.5 Å². The minimum Gasteiger partial charge on any atom is -0.507 e. The minimum absolute atomic E-state index is 0.0739. The van der Waals surface area contributed by atoms with Crippen molar-refractivity contribution in [1.82, 2.24) is 10.2 Å². The van der Waals surface area contributed by atoms with Crippen molar-refractivity contribution in [3.63, 3.8) is 0 Å². The molecule has 2 aliphatic rings. The van der Waals surface area contributed by atoms with Crippen LogP contribution in [0.2, 0.25) is 0 Å². The molecule has 1 unspecified atom stereocenters. The normalized spacial score (nSPS) is 22.0. The monoisotopic (exact) mass is 376 g/mol. The minimum atomic E-state index is -0.577. The number of rotatable bonds is 5. The van der Waals surface area contributed by atoms with E-state index in [2.05, 4.69) is 5.32 Å². The summed E-state index contributed by atoms with van der Waals surface area (Å²) >= 11 is 5.04. The number of benzene rings is 1. The van der Waals surface area contributed by atoms with Crippen LogP contribution in [-0.4, -0.2) is 46.4 Å². The first kappa shape index (κ1) is 18.3. The molecule has 2 fully saturated rings. The fraction of sp³-hybridized carbons (Fsp3) is 0.389. The number of carbonyl (C=O) groups is 2. The molecule has 1 atom stereocenters. The van der Waals surface area contributed by atoms with E-state index < -0.39 is 11.8 Å². The molecule has 0 spiro atoms. The molecule has 2 saturated heterocycles. The fourth-order valence-electron chi connectivity index (χ4n) is 2.79. The Balaban J connectivity index is 1.82. The van der Waals surface area contributed by atoms with Crippen LogP contribution in [0.4, 0.5) is 0 Å². The van der Waals surface area contributed by atoms with Crippen molar-refractivity contribution in [2.24, 2.45) is 0 Å². The van der Waals surface area contributed by atoms with Gasteiger partial charge >= 0.3 is 0 Å². The molecule has 0 aliphatic carbocycles. The van der Waals surface area contributed by atoms with Crippen LogP contribution < -0.4 is 10.1 Å². The average molecular weight is 376 g/mol. The highest BCUT2D eigenvalue weighted by Gasteiger charge is 2.32. The van der Waals surface area contributed by atoms with Crippen LogP contribution in [0.25, 0.3) is 6.08 Å². The van der Waals surface area contributed by atoms with Gasteiger partial charge in [0.25, 0.3) is 11.8 Å². The first-order chi connectivity index (χ1) is 12.5. The van der Waals surface area contributed by atoms with E-state index in [1.165, 1.54) is 17.0 Å². The lowest BCUT2D eigenvalue weighted by molar-refractivity contribution is -0.128. The lowest BCUT2D eigenvalue weighted by Gasteiger charge is -2.28. The van der Waals surface area contributed by atoms with Crippen molar-refractivity contribution in [2.45, 2.75) is 32.5 Å². The summed E-state index contributed by atoms with van der Waals surface area (Å²) in [6.07, 6.45) is 3.48. The molecule has 3 rings (SSSR count). The number of thiocarbonyl (C=S) groups is 1. The summed E-state index contributed by atoms with van der Waals surface area (Å²) in [6, 6.07) is 4.69. The van der Waals surface area contributed by atoms with Crippen LogP contribution in [-0.2, 0) is 14.3 Å². The van der Waals surface area contributed by atoms with Crippen molar-refractivity contribution in [3.05, 3.63) is 29.3 Å². The van der Waals surface area contributed by atoms with E-state index in [0.717, 1.165) is 12.8 Å². The number of aromatic hydroxyl groups is 1. The van der Waals surface area contributed by atoms with E-state index in [9.17, 15) is 14.7 Å². The molecule has 2 aliphatic heterocycles. The summed E-state index contributed by atoms with van der Waals surface area (Å²) in [5.74, 6) is -0.681. The van der Waals surface area contributed by atoms with Crippen molar-refractivity contribution in [1.29, 1.82) is 0 Å². The second kappa shape index (κ2) is 7.84. The van der Waals surface area contributed by atoms with Gasteiger partial charge in [0, 0.05) is 24.6 Å². The second-order valence-corrected chi connectivity index (χ2v) is 6.44. The zero-order valence-electron chi connectivity index (χ0n) is 14.4. The van der Waals surface area contributed by atoms with Crippen LogP contribution in [0.3, 0.4) is 0 Å². The third kappa shape index (κ3) is 3.86. The van der Waals surface area contributed by atoms with Gasteiger partial charge in [-0.05, 0) is 43.3 Å². The Hall–Kier alpha value is -2.45. The fourth-order valence-corrected chi connectivity index (χ4v) is 3.05. The van der Waals surface area contributed by atoms with Crippen LogP contribution in [0.5, 0.6) is 11.5 Å².